The van der Waals surface area contributed by atoms with Gasteiger partial charge in [0, 0.05) is 10.3 Å². The first-order valence-corrected chi connectivity index (χ1v) is 4.54. The van der Waals surface area contributed by atoms with E-state index < -0.39 is 5.51 Å². The molecule has 11 heavy (non-hydrogen) atoms. The Labute approximate surface area is 74.4 Å². The molecule has 0 aliphatic carbocycles. The maximum absolute atomic E-state index is 11.7. The Morgan fingerprint density at radius 1 is 1.45 bits per heavy atom. The van der Waals surface area contributed by atoms with E-state index in [1.807, 2.05) is 0 Å². The molecule has 0 atom stereocenters. The van der Waals surface area contributed by atoms with Crippen molar-refractivity contribution in [3.8, 4) is 0 Å². The molecule has 0 aromatic carbocycles. The Morgan fingerprint density at radius 2 is 2.09 bits per heavy atom. The standard InChI is InChI=1S/C5H2ClF3S2/c6-4-1-3(2-10-4)11-5(7,8)9/h1-2H. The zero-order valence-electron chi connectivity index (χ0n) is 4.98. The molecular formula is C5H2ClF3S2. The lowest BCUT2D eigenvalue weighted by Gasteiger charge is -2.01. The smallest absolute Gasteiger partial charge is 0.160 e. The summed E-state index contributed by atoms with van der Waals surface area (Å²) in [5.41, 5.74) is -4.22. The van der Waals surface area contributed by atoms with Crippen LogP contribution in [0.3, 0.4) is 0 Å². The third kappa shape index (κ3) is 3.35. The van der Waals surface area contributed by atoms with Gasteiger partial charge in [-0.25, -0.2) is 0 Å². The Bertz CT molecular complexity index is 242. The summed E-state index contributed by atoms with van der Waals surface area (Å²) in [4.78, 5) is 0.146. The molecule has 62 valence electrons. The Morgan fingerprint density at radius 3 is 2.45 bits per heavy atom. The molecule has 0 radical (unpaired) electrons. The molecule has 0 saturated carbocycles. The van der Waals surface area contributed by atoms with Crippen LogP contribution in [0.1, 0.15) is 0 Å². The molecule has 0 aliphatic rings. The van der Waals surface area contributed by atoms with E-state index in [-0.39, 0.29) is 16.7 Å². The van der Waals surface area contributed by atoms with E-state index in [0.717, 1.165) is 11.3 Å². The van der Waals surface area contributed by atoms with E-state index >= 15 is 0 Å². The third-order valence-electron chi connectivity index (χ3n) is 0.777. The maximum Gasteiger partial charge on any atom is 0.446 e. The molecular weight excluding hydrogens is 217 g/mol. The van der Waals surface area contributed by atoms with Gasteiger partial charge in [-0.05, 0) is 17.8 Å². The van der Waals surface area contributed by atoms with E-state index in [1.165, 1.54) is 11.4 Å². The van der Waals surface area contributed by atoms with Gasteiger partial charge in [-0.15, -0.1) is 11.3 Å². The molecule has 0 fully saturated rings. The first-order chi connectivity index (χ1) is 4.97. The minimum Gasteiger partial charge on any atom is -0.160 e. The molecule has 1 aromatic rings. The summed E-state index contributed by atoms with van der Waals surface area (Å²) in [5.74, 6) is 0. The summed E-state index contributed by atoms with van der Waals surface area (Å²) in [7, 11) is 0. The maximum atomic E-state index is 11.7. The summed E-state index contributed by atoms with van der Waals surface area (Å²) >= 11 is 6.36. The molecule has 1 rings (SSSR count). The van der Waals surface area contributed by atoms with Crippen LogP contribution in [0.15, 0.2) is 16.3 Å². The second-order valence-electron chi connectivity index (χ2n) is 1.63. The minimum absolute atomic E-state index is 0.146. The first-order valence-electron chi connectivity index (χ1n) is 2.47. The van der Waals surface area contributed by atoms with Gasteiger partial charge >= 0.3 is 5.51 Å². The Hall–Kier alpha value is 0.130. The molecule has 0 N–H and O–H groups in total. The number of rotatable bonds is 1. The predicted molar refractivity (Wildman–Crippen MR) is 41.2 cm³/mol. The van der Waals surface area contributed by atoms with E-state index in [1.54, 1.807) is 0 Å². The van der Waals surface area contributed by atoms with Gasteiger partial charge in [0.1, 0.15) is 0 Å². The quantitative estimate of drug-likeness (QED) is 0.642. The number of thiophene rings is 1. The highest BCUT2D eigenvalue weighted by molar-refractivity contribution is 8.00. The van der Waals surface area contributed by atoms with Crippen LogP contribution in [0.4, 0.5) is 13.2 Å². The molecule has 0 saturated heterocycles. The van der Waals surface area contributed by atoms with Gasteiger partial charge < -0.3 is 0 Å². The first kappa shape index (κ1) is 9.22. The highest BCUT2D eigenvalue weighted by atomic mass is 35.5. The molecule has 0 unspecified atom stereocenters. The van der Waals surface area contributed by atoms with Crippen molar-refractivity contribution < 1.29 is 13.2 Å². The number of hydrogen-bond donors (Lipinski definition) is 0. The van der Waals surface area contributed by atoms with Crippen molar-refractivity contribution in [1.29, 1.82) is 0 Å². The molecule has 0 aliphatic heterocycles. The minimum atomic E-state index is -4.22. The SMILES string of the molecule is FC(F)(F)Sc1csc(Cl)c1. The third-order valence-corrected chi connectivity index (χ3v) is 2.72. The van der Waals surface area contributed by atoms with Crippen LogP contribution in [-0.4, -0.2) is 5.51 Å². The summed E-state index contributed by atoms with van der Waals surface area (Å²) in [6.45, 7) is 0. The second-order valence-corrected chi connectivity index (χ2v) is 4.32. The van der Waals surface area contributed by atoms with Crippen molar-refractivity contribution in [3.05, 3.63) is 15.8 Å². The molecule has 1 heterocycles. The molecule has 0 bridgehead atoms. The average Bonchev–Trinajstić information content (AvgIpc) is 2.10. The summed E-state index contributed by atoms with van der Waals surface area (Å²) in [6, 6.07) is 1.30. The fraction of sp³-hybridized carbons (Fsp3) is 0.200. The van der Waals surface area contributed by atoms with E-state index in [4.69, 9.17) is 11.6 Å². The van der Waals surface area contributed by atoms with E-state index in [9.17, 15) is 13.2 Å². The van der Waals surface area contributed by atoms with Gasteiger partial charge in [0.05, 0.1) is 4.34 Å². The summed E-state index contributed by atoms with van der Waals surface area (Å²) in [6.07, 6.45) is 0. The topological polar surface area (TPSA) is 0 Å². The zero-order chi connectivity index (χ0) is 8.48. The second kappa shape index (κ2) is 3.25. The van der Waals surface area contributed by atoms with Crippen molar-refractivity contribution in [3.63, 3.8) is 0 Å². The lowest BCUT2D eigenvalue weighted by Crippen LogP contribution is -1.97. The molecule has 0 nitrogen and oxygen atoms in total. The summed E-state index contributed by atoms with van der Waals surface area (Å²) < 4.78 is 35.4. The predicted octanol–water partition coefficient (Wildman–Crippen LogP) is 4.01. The molecule has 0 amide bonds. The van der Waals surface area contributed by atoms with Crippen molar-refractivity contribution in [2.75, 3.05) is 0 Å². The zero-order valence-corrected chi connectivity index (χ0v) is 7.37. The number of hydrogen-bond acceptors (Lipinski definition) is 2. The molecule has 6 heteroatoms. The number of halogens is 4. The average molecular weight is 219 g/mol. The van der Waals surface area contributed by atoms with Crippen LogP contribution in [0, 0.1) is 0 Å². The van der Waals surface area contributed by atoms with Gasteiger partial charge in [-0.3, -0.25) is 0 Å². The van der Waals surface area contributed by atoms with Gasteiger partial charge in [0.2, 0.25) is 0 Å². The van der Waals surface area contributed by atoms with Gasteiger partial charge in [0.25, 0.3) is 0 Å². The van der Waals surface area contributed by atoms with Crippen molar-refractivity contribution in [2.24, 2.45) is 0 Å². The van der Waals surface area contributed by atoms with E-state index in [0.29, 0.717) is 4.34 Å². The van der Waals surface area contributed by atoms with Crippen LogP contribution >= 0.6 is 34.7 Å². The van der Waals surface area contributed by atoms with Crippen LogP contribution in [-0.2, 0) is 0 Å². The fourth-order valence-electron chi connectivity index (χ4n) is 0.481. The highest BCUT2D eigenvalue weighted by Crippen LogP contribution is 2.39. The van der Waals surface area contributed by atoms with Crippen LogP contribution in [0.2, 0.25) is 4.34 Å². The van der Waals surface area contributed by atoms with Crippen molar-refractivity contribution >= 4 is 34.7 Å². The van der Waals surface area contributed by atoms with Gasteiger partial charge in [0.15, 0.2) is 0 Å². The number of alkyl halides is 3. The molecule has 1 aromatic heterocycles. The van der Waals surface area contributed by atoms with Crippen LogP contribution in [0.25, 0.3) is 0 Å². The number of thioether (sulfide) groups is 1. The van der Waals surface area contributed by atoms with Gasteiger partial charge in [-0.2, -0.15) is 13.2 Å². The van der Waals surface area contributed by atoms with Crippen LogP contribution in [0.5, 0.6) is 0 Å². The summed E-state index contributed by atoms with van der Waals surface area (Å²) in [5, 5.41) is 1.38. The highest BCUT2D eigenvalue weighted by Gasteiger charge is 2.29. The normalized spacial score (nSPS) is 12.0. The molecule has 0 spiro atoms. The Balaban J connectivity index is 2.65. The lowest BCUT2D eigenvalue weighted by molar-refractivity contribution is -0.0327. The Kier molecular flexibility index (Phi) is 2.72. The van der Waals surface area contributed by atoms with Crippen molar-refractivity contribution in [2.45, 2.75) is 10.4 Å². The van der Waals surface area contributed by atoms with Gasteiger partial charge in [-0.1, -0.05) is 11.6 Å². The fourth-order valence-corrected chi connectivity index (χ4v) is 2.14. The lowest BCUT2D eigenvalue weighted by atomic mass is 10.7. The van der Waals surface area contributed by atoms with Crippen molar-refractivity contribution in [1.82, 2.24) is 0 Å². The van der Waals surface area contributed by atoms with Crippen LogP contribution < -0.4 is 0 Å². The van der Waals surface area contributed by atoms with E-state index in [2.05, 4.69) is 0 Å². The largest absolute Gasteiger partial charge is 0.446 e. The monoisotopic (exact) mass is 218 g/mol.